The van der Waals surface area contributed by atoms with Crippen molar-refractivity contribution in [1.82, 2.24) is 5.27 Å². The van der Waals surface area contributed by atoms with E-state index in [9.17, 15) is 9.90 Å². The first-order valence-electron chi connectivity index (χ1n) is 10.5. The Morgan fingerprint density at radius 2 is 2.03 bits per heavy atom. The summed E-state index contributed by atoms with van der Waals surface area (Å²) < 4.78 is 15.8. The summed E-state index contributed by atoms with van der Waals surface area (Å²) in [4.78, 5) is 24.6. The third-order valence-electron chi connectivity index (χ3n) is 4.96. The van der Waals surface area contributed by atoms with Crippen LogP contribution in [-0.2, 0) is 4.79 Å². The molecule has 0 atom stereocenters. The lowest BCUT2D eigenvalue weighted by atomic mass is 10.1. The third kappa shape index (κ3) is 4.82. The number of hydrogen-bond acceptors (Lipinski definition) is 10. The number of hydrogen-bond donors (Lipinski definition) is 0. The molecule has 1 amide bonds. The van der Waals surface area contributed by atoms with Crippen LogP contribution in [0.2, 0.25) is 0 Å². The fraction of sp³-hybridized carbons (Fsp3) is 0.174. The molecular formula is C23H20N6O5S. The van der Waals surface area contributed by atoms with Crippen molar-refractivity contribution in [2.24, 2.45) is 9.98 Å². The molecule has 0 N–H and O–H groups in total. The van der Waals surface area contributed by atoms with Crippen LogP contribution >= 0.6 is 11.8 Å². The minimum atomic E-state index is -0.451. The van der Waals surface area contributed by atoms with Crippen LogP contribution in [0.5, 0.6) is 11.5 Å². The number of benzene rings is 2. The average molecular weight is 493 g/mol. The number of amides is 1. The summed E-state index contributed by atoms with van der Waals surface area (Å²) in [5, 5.41) is 18.2. The molecule has 3 heterocycles. The monoisotopic (exact) mass is 492 g/mol. The van der Waals surface area contributed by atoms with Crippen LogP contribution < -0.4 is 29.3 Å². The van der Waals surface area contributed by atoms with E-state index in [2.05, 4.69) is 15.3 Å². The molecule has 11 nitrogen and oxygen atoms in total. The zero-order chi connectivity index (χ0) is 24.4. The van der Waals surface area contributed by atoms with Gasteiger partial charge in [0, 0.05) is 5.75 Å². The van der Waals surface area contributed by atoms with Gasteiger partial charge in [0.25, 0.3) is 12.1 Å². The highest BCUT2D eigenvalue weighted by atomic mass is 32.2. The maximum absolute atomic E-state index is 13.3. The van der Waals surface area contributed by atoms with Gasteiger partial charge in [-0.05, 0) is 41.8 Å². The fourth-order valence-corrected chi connectivity index (χ4v) is 4.10. The first-order valence-corrected chi connectivity index (χ1v) is 11.5. The van der Waals surface area contributed by atoms with Gasteiger partial charge in [0.05, 0.1) is 24.6 Å². The quantitative estimate of drug-likeness (QED) is 0.220. The number of carbonyl (C=O) groups is 1. The number of anilines is 1. The molecule has 2 aromatic carbocycles. The topological polar surface area (TPSA) is 120 Å². The van der Waals surface area contributed by atoms with Crippen LogP contribution in [-0.4, -0.2) is 48.9 Å². The number of amidine groups is 1. The van der Waals surface area contributed by atoms with Crippen LogP contribution in [0.1, 0.15) is 5.56 Å². The number of para-hydroxylation sites is 1. The predicted molar refractivity (Wildman–Crippen MR) is 128 cm³/mol. The Hall–Kier alpha value is -4.32. The van der Waals surface area contributed by atoms with Crippen molar-refractivity contribution in [3.05, 3.63) is 66.0 Å². The molecule has 0 spiro atoms. The summed E-state index contributed by atoms with van der Waals surface area (Å²) in [6.45, 7) is 0.164. The Morgan fingerprint density at radius 1 is 1.23 bits per heavy atom. The number of aliphatic imine (C=N–C) groups is 2. The number of rotatable bonds is 6. The molecule has 0 bridgehead atoms. The lowest BCUT2D eigenvalue weighted by Crippen LogP contribution is -2.53. The highest BCUT2D eigenvalue weighted by molar-refractivity contribution is 8.14. The lowest BCUT2D eigenvalue weighted by Gasteiger charge is -2.18. The van der Waals surface area contributed by atoms with E-state index in [0.29, 0.717) is 22.4 Å². The van der Waals surface area contributed by atoms with Crippen molar-refractivity contribution in [3.63, 3.8) is 0 Å². The highest BCUT2D eigenvalue weighted by Gasteiger charge is 2.32. The molecule has 5 rings (SSSR count). The highest BCUT2D eigenvalue weighted by Crippen LogP contribution is 2.34. The van der Waals surface area contributed by atoms with Crippen molar-refractivity contribution >= 4 is 46.4 Å². The Balaban J connectivity index is 1.39. The normalized spacial score (nSPS) is 16.2. The van der Waals surface area contributed by atoms with E-state index in [1.807, 2.05) is 24.3 Å². The summed E-state index contributed by atoms with van der Waals surface area (Å²) >= 11 is 1.11. The minimum Gasteiger partial charge on any atom is -0.861 e. The molecule has 0 unspecified atom stereocenters. The number of thioether (sulfide) groups is 1. The molecule has 0 saturated carbocycles. The zero-order valence-corrected chi connectivity index (χ0v) is 19.6. The third-order valence-corrected chi connectivity index (χ3v) is 5.88. The number of ether oxygens (including phenoxy) is 2. The Bertz CT molecular complexity index is 1350. The van der Waals surface area contributed by atoms with E-state index in [-0.39, 0.29) is 30.0 Å². The molecule has 0 aliphatic carbocycles. The van der Waals surface area contributed by atoms with Crippen LogP contribution in [0.3, 0.4) is 0 Å². The van der Waals surface area contributed by atoms with Gasteiger partial charge in [-0.2, -0.15) is 5.01 Å². The largest absolute Gasteiger partial charge is 0.861 e. The maximum Gasteiger partial charge on any atom is 0.324 e. The molecule has 1 aromatic heterocycles. The first kappa shape index (κ1) is 22.5. The van der Waals surface area contributed by atoms with Crippen LogP contribution in [0, 0.1) is 0 Å². The molecule has 2 aliphatic heterocycles. The standard InChI is InChI=1S/C23H20N6O5S/c1-27(2)28-12-21(34-26-28)25-20(30)13-35-23-24-17(22(31)29(23)16-6-4-3-5-7-16)10-15-8-9-18-19(11-15)33-14-32-18/h3-12H,13-14H2,1-2H3/b17-10+. The number of fused-ring (bicyclic) bond motifs is 1. The second kappa shape index (κ2) is 9.50. The molecule has 0 saturated heterocycles. The van der Waals surface area contributed by atoms with Crippen molar-refractivity contribution in [1.29, 1.82) is 0 Å². The Kier molecular flexibility index (Phi) is 6.10. The van der Waals surface area contributed by atoms with Crippen molar-refractivity contribution in [3.8, 4) is 11.5 Å². The van der Waals surface area contributed by atoms with Gasteiger partial charge in [-0.1, -0.05) is 36.0 Å². The fourth-order valence-electron chi connectivity index (χ4n) is 3.31. The summed E-state index contributed by atoms with van der Waals surface area (Å²) in [6, 6.07) is 14.5. The molecule has 0 radical (unpaired) electrons. The second-order valence-corrected chi connectivity index (χ2v) is 8.56. The smallest absolute Gasteiger partial charge is 0.324 e. The average Bonchev–Trinajstić information content (AvgIpc) is 3.58. The van der Waals surface area contributed by atoms with E-state index >= 15 is 0 Å². The van der Waals surface area contributed by atoms with Gasteiger partial charge in [0.2, 0.25) is 12.1 Å². The first-order chi connectivity index (χ1) is 17.0. The zero-order valence-electron chi connectivity index (χ0n) is 18.8. The predicted octanol–water partition coefficient (Wildman–Crippen LogP) is 1.46. The lowest BCUT2D eigenvalue weighted by molar-refractivity contribution is -0.753. The van der Waals surface area contributed by atoms with Crippen LogP contribution in [0.25, 0.3) is 6.08 Å². The molecule has 0 fully saturated rings. The Morgan fingerprint density at radius 3 is 2.80 bits per heavy atom. The summed E-state index contributed by atoms with van der Waals surface area (Å²) in [5.74, 6) is 0.544. The van der Waals surface area contributed by atoms with E-state index in [4.69, 9.17) is 14.0 Å². The Labute approximate surface area is 204 Å². The second-order valence-electron chi connectivity index (χ2n) is 7.61. The van der Waals surface area contributed by atoms with Crippen molar-refractivity contribution < 1.29 is 28.7 Å². The van der Waals surface area contributed by atoms with Crippen LogP contribution in [0.4, 0.5) is 11.6 Å². The molecule has 12 heteroatoms. The van der Waals surface area contributed by atoms with Crippen molar-refractivity contribution in [2.75, 3.05) is 36.5 Å². The van der Waals surface area contributed by atoms with E-state index in [1.54, 1.807) is 49.4 Å². The van der Waals surface area contributed by atoms with Gasteiger partial charge in [0.1, 0.15) is 5.70 Å². The molecule has 3 aromatic rings. The maximum atomic E-state index is 13.3. The van der Waals surface area contributed by atoms with E-state index < -0.39 is 5.90 Å². The van der Waals surface area contributed by atoms with Gasteiger partial charge in [0.15, 0.2) is 16.7 Å². The van der Waals surface area contributed by atoms with Gasteiger partial charge in [-0.3, -0.25) is 14.2 Å². The SMILES string of the molecule is CN(C)[n+]1cc(/N=C(/[O-])CSC2=N/C(=C/c3ccc4c(c3)OCO4)C(=O)N2c2ccccc2)on1. The summed E-state index contributed by atoms with van der Waals surface area (Å²) in [5.41, 5.74) is 1.62. The van der Waals surface area contributed by atoms with Gasteiger partial charge >= 0.3 is 5.88 Å². The molecule has 178 valence electrons. The number of nitrogens with zero attached hydrogens (tertiary/aromatic N) is 6. The van der Waals surface area contributed by atoms with E-state index in [1.165, 1.54) is 15.9 Å². The minimum absolute atomic E-state index is 0.0462. The van der Waals surface area contributed by atoms with Crippen LogP contribution in [0.15, 0.2) is 74.9 Å². The van der Waals surface area contributed by atoms with E-state index in [0.717, 1.165) is 17.3 Å². The molecule has 35 heavy (non-hydrogen) atoms. The van der Waals surface area contributed by atoms with Gasteiger partial charge in [-0.15, -0.1) is 0 Å². The van der Waals surface area contributed by atoms with Gasteiger partial charge < -0.3 is 14.6 Å². The molecular weight excluding hydrogens is 472 g/mol. The van der Waals surface area contributed by atoms with Gasteiger partial charge in [-0.25, -0.2) is 9.98 Å². The summed E-state index contributed by atoms with van der Waals surface area (Å²) in [7, 11) is 3.54. The van der Waals surface area contributed by atoms with Crippen molar-refractivity contribution in [2.45, 2.75) is 0 Å². The molecule has 2 aliphatic rings. The number of aromatic nitrogens is 2. The summed E-state index contributed by atoms with van der Waals surface area (Å²) in [6.07, 6.45) is 3.16. The number of carbonyl (C=O) groups excluding carboxylic acids is 1.